The maximum absolute atomic E-state index is 12.5. The molecule has 23 heavy (non-hydrogen) atoms. The summed E-state index contributed by atoms with van der Waals surface area (Å²) < 4.78 is 34.8. The molecule has 2 fully saturated rings. The van der Waals surface area contributed by atoms with Gasteiger partial charge < -0.3 is 14.4 Å². The van der Waals surface area contributed by atoms with Gasteiger partial charge in [0.1, 0.15) is 0 Å². The smallest absolute Gasteiger partial charge is 0.387 e. The zero-order valence-corrected chi connectivity index (χ0v) is 13.6. The number of alkyl halides is 2. The molecule has 2 atom stereocenters. The van der Waals surface area contributed by atoms with Gasteiger partial charge in [-0.1, -0.05) is 18.2 Å². The number of likely N-dealkylation sites (tertiary alicyclic amines) is 1. The number of ether oxygens (including phenoxy) is 2. The van der Waals surface area contributed by atoms with Gasteiger partial charge >= 0.3 is 6.61 Å². The van der Waals surface area contributed by atoms with Gasteiger partial charge in [-0.05, 0) is 57.0 Å². The highest BCUT2D eigenvalue weighted by molar-refractivity contribution is 5.47. The molecule has 1 heterocycles. The number of halogens is 2. The van der Waals surface area contributed by atoms with Gasteiger partial charge in [0.2, 0.25) is 0 Å². The van der Waals surface area contributed by atoms with E-state index in [9.17, 15) is 8.78 Å². The Balaban J connectivity index is 1.98. The fraction of sp³-hybridized carbons (Fsp3) is 0.556. The van der Waals surface area contributed by atoms with E-state index in [4.69, 9.17) is 4.74 Å². The van der Waals surface area contributed by atoms with Gasteiger partial charge in [0.05, 0.1) is 7.11 Å². The lowest BCUT2D eigenvalue weighted by molar-refractivity contribution is -0.0512. The van der Waals surface area contributed by atoms with E-state index in [0.29, 0.717) is 11.8 Å². The van der Waals surface area contributed by atoms with E-state index in [1.165, 1.54) is 12.7 Å². The van der Waals surface area contributed by atoms with Crippen LogP contribution in [-0.2, 0) is 5.41 Å². The molecular weight excluding hydrogens is 300 g/mol. The average molecular weight is 323 g/mol. The average Bonchev–Trinajstić information content (AvgIpc) is 2.85. The van der Waals surface area contributed by atoms with E-state index in [2.05, 4.69) is 23.3 Å². The molecule has 0 aromatic heterocycles. The minimum absolute atomic E-state index is 0.0482. The minimum Gasteiger partial charge on any atom is -0.493 e. The standard InChI is InChI=1S/C18H23F2NO2/c1-12-6-7-18(8-9-21(2)16(18)10-12)13-4-5-14(23-17(19)20)15(11-13)22-3/h4-5,11,16-17H,1,6-10H2,2-3H3/t16-,18-/m0/s1. The number of methoxy groups -OCH3 is 1. The first kappa shape index (κ1) is 16.2. The monoisotopic (exact) mass is 323 g/mol. The Labute approximate surface area is 135 Å². The van der Waals surface area contributed by atoms with Crippen molar-refractivity contribution in [2.24, 2.45) is 0 Å². The molecule has 3 rings (SSSR count). The van der Waals surface area contributed by atoms with Gasteiger partial charge in [-0.3, -0.25) is 0 Å². The number of rotatable bonds is 4. The van der Waals surface area contributed by atoms with Gasteiger partial charge in [0.15, 0.2) is 11.5 Å². The second-order valence-electron chi connectivity index (χ2n) is 6.60. The van der Waals surface area contributed by atoms with Gasteiger partial charge in [0.25, 0.3) is 0 Å². The van der Waals surface area contributed by atoms with Crippen molar-refractivity contribution in [3.05, 3.63) is 35.9 Å². The number of fused-ring (bicyclic) bond motifs is 1. The molecule has 0 radical (unpaired) electrons. The number of hydrogen-bond acceptors (Lipinski definition) is 3. The summed E-state index contributed by atoms with van der Waals surface area (Å²) in [5, 5.41) is 0. The highest BCUT2D eigenvalue weighted by Crippen LogP contribution is 2.50. The second kappa shape index (κ2) is 6.11. The molecule has 1 aromatic carbocycles. The van der Waals surface area contributed by atoms with Crippen LogP contribution in [-0.4, -0.2) is 38.3 Å². The Morgan fingerprint density at radius 1 is 1.30 bits per heavy atom. The van der Waals surface area contributed by atoms with E-state index in [0.717, 1.165) is 37.8 Å². The summed E-state index contributed by atoms with van der Waals surface area (Å²) in [7, 11) is 3.63. The van der Waals surface area contributed by atoms with Crippen molar-refractivity contribution in [3.63, 3.8) is 0 Å². The van der Waals surface area contributed by atoms with Crippen LogP contribution in [0.4, 0.5) is 8.78 Å². The first-order chi connectivity index (χ1) is 11.0. The first-order valence-electron chi connectivity index (χ1n) is 7.96. The van der Waals surface area contributed by atoms with E-state index < -0.39 is 6.61 Å². The maximum atomic E-state index is 12.5. The number of benzene rings is 1. The minimum atomic E-state index is -2.85. The normalized spacial score (nSPS) is 28.0. The fourth-order valence-electron chi connectivity index (χ4n) is 4.19. The van der Waals surface area contributed by atoms with E-state index in [1.54, 1.807) is 6.07 Å². The largest absolute Gasteiger partial charge is 0.493 e. The second-order valence-corrected chi connectivity index (χ2v) is 6.60. The summed E-state index contributed by atoms with van der Waals surface area (Å²) >= 11 is 0. The summed E-state index contributed by atoms with van der Waals surface area (Å²) in [6, 6.07) is 5.81. The van der Waals surface area contributed by atoms with Crippen LogP contribution in [0.2, 0.25) is 0 Å². The molecule has 0 N–H and O–H groups in total. The Bertz CT molecular complexity index is 605. The van der Waals surface area contributed by atoms with Crippen molar-refractivity contribution < 1.29 is 18.3 Å². The maximum Gasteiger partial charge on any atom is 0.387 e. The van der Waals surface area contributed by atoms with Crippen molar-refractivity contribution in [2.75, 3.05) is 20.7 Å². The van der Waals surface area contributed by atoms with Crippen LogP contribution in [0.5, 0.6) is 11.5 Å². The van der Waals surface area contributed by atoms with Crippen molar-refractivity contribution in [2.45, 2.75) is 43.8 Å². The van der Waals surface area contributed by atoms with Crippen molar-refractivity contribution >= 4 is 0 Å². The van der Waals surface area contributed by atoms with Crippen LogP contribution in [0.25, 0.3) is 0 Å². The molecule has 3 nitrogen and oxygen atoms in total. The molecule has 0 bridgehead atoms. The summed E-state index contributed by atoms with van der Waals surface area (Å²) in [6.07, 6.45) is 4.12. The van der Waals surface area contributed by atoms with Crippen LogP contribution >= 0.6 is 0 Å². The third-order valence-corrected chi connectivity index (χ3v) is 5.44. The summed E-state index contributed by atoms with van der Waals surface area (Å²) in [6.45, 7) is 2.35. The highest BCUT2D eigenvalue weighted by atomic mass is 19.3. The van der Waals surface area contributed by atoms with Crippen molar-refractivity contribution in [3.8, 4) is 11.5 Å². The lowest BCUT2D eigenvalue weighted by atomic mass is 9.65. The van der Waals surface area contributed by atoms with E-state index in [1.807, 2.05) is 12.1 Å². The van der Waals surface area contributed by atoms with Crippen LogP contribution in [0.1, 0.15) is 31.2 Å². The summed E-state index contributed by atoms with van der Waals surface area (Å²) in [4.78, 5) is 2.39. The van der Waals surface area contributed by atoms with E-state index in [-0.39, 0.29) is 11.2 Å². The van der Waals surface area contributed by atoms with E-state index >= 15 is 0 Å². The highest BCUT2D eigenvalue weighted by Gasteiger charge is 2.49. The predicted molar refractivity (Wildman–Crippen MR) is 85.3 cm³/mol. The van der Waals surface area contributed by atoms with Crippen LogP contribution < -0.4 is 9.47 Å². The first-order valence-corrected chi connectivity index (χ1v) is 7.96. The van der Waals surface area contributed by atoms with Gasteiger partial charge in [-0.2, -0.15) is 8.78 Å². The van der Waals surface area contributed by atoms with Crippen molar-refractivity contribution in [1.82, 2.24) is 4.90 Å². The lowest BCUT2D eigenvalue weighted by Crippen LogP contribution is -2.44. The number of likely N-dealkylation sites (N-methyl/N-ethyl adjacent to an activating group) is 1. The van der Waals surface area contributed by atoms with Gasteiger partial charge in [0, 0.05) is 11.5 Å². The molecule has 2 aliphatic rings. The van der Waals surface area contributed by atoms with Crippen molar-refractivity contribution in [1.29, 1.82) is 0 Å². The molecule has 1 aliphatic carbocycles. The summed E-state index contributed by atoms with van der Waals surface area (Å²) in [5.41, 5.74) is 2.49. The van der Waals surface area contributed by atoms with Crippen LogP contribution in [0.3, 0.4) is 0 Å². The Morgan fingerprint density at radius 2 is 2.09 bits per heavy atom. The molecule has 1 saturated carbocycles. The fourth-order valence-corrected chi connectivity index (χ4v) is 4.19. The Hall–Kier alpha value is -1.62. The Morgan fingerprint density at radius 3 is 2.78 bits per heavy atom. The number of nitrogens with zero attached hydrogens (tertiary/aromatic N) is 1. The molecule has 1 saturated heterocycles. The molecule has 5 heteroatoms. The molecule has 0 amide bonds. The lowest BCUT2D eigenvalue weighted by Gasteiger charge is -2.42. The molecule has 0 spiro atoms. The molecule has 1 aliphatic heterocycles. The zero-order chi connectivity index (χ0) is 16.6. The quantitative estimate of drug-likeness (QED) is 0.782. The molecular formula is C18H23F2NO2. The molecule has 1 aromatic rings. The Kier molecular flexibility index (Phi) is 4.32. The number of hydrogen-bond donors (Lipinski definition) is 0. The van der Waals surface area contributed by atoms with Crippen LogP contribution in [0.15, 0.2) is 30.4 Å². The zero-order valence-electron chi connectivity index (χ0n) is 13.6. The SMILES string of the molecule is C=C1CC[C@@]2(c3ccc(OC(F)F)c(OC)c3)CCN(C)[C@H]2C1. The van der Waals surface area contributed by atoms with Crippen LogP contribution in [0, 0.1) is 0 Å². The van der Waals surface area contributed by atoms with Gasteiger partial charge in [-0.25, -0.2) is 0 Å². The third-order valence-electron chi connectivity index (χ3n) is 5.44. The summed E-state index contributed by atoms with van der Waals surface area (Å²) in [5.74, 6) is 0.459. The van der Waals surface area contributed by atoms with Gasteiger partial charge in [-0.15, -0.1) is 0 Å². The topological polar surface area (TPSA) is 21.7 Å². The molecule has 126 valence electrons. The predicted octanol–water partition coefficient (Wildman–Crippen LogP) is 3.98. The third kappa shape index (κ3) is 2.82. The molecule has 0 unspecified atom stereocenters.